The number of amides is 2. The lowest BCUT2D eigenvalue weighted by molar-refractivity contribution is 0.262. The van der Waals surface area contributed by atoms with E-state index in [-0.39, 0.29) is 11.2 Å². The zero-order valence-electron chi connectivity index (χ0n) is 10.9. The number of aromatic amines is 1. The molecule has 1 unspecified atom stereocenters. The Morgan fingerprint density at radius 3 is 2.37 bits per heavy atom. The summed E-state index contributed by atoms with van der Waals surface area (Å²) in [7, 11) is 2.79. The van der Waals surface area contributed by atoms with Gasteiger partial charge in [0.05, 0.1) is 11.9 Å². The average molecular weight is 276 g/mol. The molecular weight excluding hydrogens is 259 g/mol. The predicted octanol–water partition coefficient (Wildman–Crippen LogP) is 3.16. The normalized spacial score (nSPS) is 11.1. The average Bonchev–Trinajstić information content (AvgIpc) is 2.81. The molecule has 5 nitrogen and oxygen atoms in total. The van der Waals surface area contributed by atoms with Crippen LogP contribution in [0.3, 0.4) is 0 Å². The number of benzene rings is 1. The number of nitrogens with one attached hydrogen (secondary N) is 3. The highest BCUT2D eigenvalue weighted by Gasteiger charge is 2.13. The van der Waals surface area contributed by atoms with Crippen LogP contribution in [0.5, 0.6) is 0 Å². The fourth-order valence-electron chi connectivity index (χ4n) is 1.60. The van der Waals surface area contributed by atoms with Gasteiger partial charge in [0.1, 0.15) is 0 Å². The summed E-state index contributed by atoms with van der Waals surface area (Å²) in [6.45, 7) is 4.23. The second-order valence-corrected chi connectivity index (χ2v) is 6.31. The van der Waals surface area contributed by atoms with E-state index in [1.807, 2.05) is 24.3 Å². The fourth-order valence-corrected chi connectivity index (χ4v) is 1.79. The lowest BCUT2D eigenvalue weighted by Gasteiger charge is -2.19. The highest BCUT2D eigenvalue weighted by molar-refractivity contribution is 7.18. The van der Waals surface area contributed by atoms with E-state index in [1.165, 1.54) is 5.56 Å². The first kappa shape index (κ1) is 13.6. The van der Waals surface area contributed by atoms with E-state index in [2.05, 4.69) is 43.9 Å². The molecule has 0 saturated carbocycles. The lowest BCUT2D eigenvalue weighted by Crippen LogP contribution is -2.19. The van der Waals surface area contributed by atoms with Gasteiger partial charge in [-0.15, -0.1) is 9.24 Å². The molecule has 0 radical (unpaired) electrons. The lowest BCUT2D eigenvalue weighted by atomic mass is 10.0. The Hall–Kier alpha value is -1.87. The molecule has 3 N–H and O–H groups in total. The second kappa shape index (κ2) is 5.41. The molecule has 2 aromatic rings. The number of H-pyrrole nitrogens is 1. The molecule has 1 aromatic heterocycles. The van der Waals surface area contributed by atoms with Gasteiger partial charge < -0.3 is 10.6 Å². The number of hydrogen-bond acceptors (Lipinski definition) is 2. The summed E-state index contributed by atoms with van der Waals surface area (Å²) in [5.74, 6) is 0. The van der Waals surface area contributed by atoms with Crippen LogP contribution in [-0.4, -0.2) is 16.2 Å². The minimum absolute atomic E-state index is 0.0254. The molecule has 0 bridgehead atoms. The molecule has 100 valence electrons. The van der Waals surface area contributed by atoms with Crippen molar-refractivity contribution in [2.45, 2.75) is 19.0 Å². The zero-order valence-corrected chi connectivity index (χ0v) is 12.1. The van der Waals surface area contributed by atoms with Crippen LogP contribution in [0.2, 0.25) is 0 Å². The first-order valence-corrected chi connectivity index (χ1v) is 6.49. The van der Waals surface area contributed by atoms with Gasteiger partial charge >= 0.3 is 6.03 Å². The SMILES string of the molecule is CC(C)(P)c1ccc(NC(=O)Nc2cn[nH]c2)cc1. The highest BCUT2D eigenvalue weighted by atomic mass is 31.0. The standard InChI is InChI=1S/C13H17N4OP/c1-13(2,19)9-3-5-10(6-4-9)16-12(18)17-11-7-14-15-8-11/h3-8H,19H2,1-2H3,(H,14,15)(H2,16,17,18). The van der Waals surface area contributed by atoms with Gasteiger partial charge in [-0.1, -0.05) is 26.0 Å². The maximum atomic E-state index is 11.7. The van der Waals surface area contributed by atoms with E-state index in [9.17, 15) is 4.79 Å². The summed E-state index contributed by atoms with van der Waals surface area (Å²) < 4.78 is 0. The Labute approximate surface area is 114 Å². The number of carbonyl (C=O) groups excluding carboxylic acids is 1. The third-order valence-corrected chi connectivity index (χ3v) is 2.98. The van der Waals surface area contributed by atoms with Crippen molar-refractivity contribution in [2.24, 2.45) is 0 Å². The van der Waals surface area contributed by atoms with Crippen molar-refractivity contribution in [1.82, 2.24) is 10.2 Å². The maximum Gasteiger partial charge on any atom is 0.323 e. The topological polar surface area (TPSA) is 69.8 Å². The Kier molecular flexibility index (Phi) is 3.86. The quantitative estimate of drug-likeness (QED) is 0.754. The summed E-state index contributed by atoms with van der Waals surface area (Å²) in [5.41, 5.74) is 2.57. The number of rotatable bonds is 3. The molecule has 0 aliphatic heterocycles. The Bertz CT molecular complexity index is 543. The smallest absolute Gasteiger partial charge is 0.308 e. The molecule has 0 fully saturated rings. The third-order valence-electron chi connectivity index (χ3n) is 2.64. The molecule has 0 aliphatic rings. The van der Waals surface area contributed by atoms with Gasteiger partial charge in [0.15, 0.2) is 0 Å². The number of anilines is 2. The van der Waals surface area contributed by atoms with Crippen molar-refractivity contribution < 1.29 is 4.79 Å². The molecule has 0 saturated heterocycles. The summed E-state index contributed by atoms with van der Waals surface area (Å²) in [6.07, 6.45) is 3.15. The van der Waals surface area contributed by atoms with E-state index >= 15 is 0 Å². The van der Waals surface area contributed by atoms with Gasteiger partial charge in [-0.3, -0.25) is 5.10 Å². The van der Waals surface area contributed by atoms with Crippen molar-refractivity contribution >= 4 is 26.6 Å². The van der Waals surface area contributed by atoms with Crippen LogP contribution >= 0.6 is 9.24 Å². The van der Waals surface area contributed by atoms with Crippen molar-refractivity contribution in [3.63, 3.8) is 0 Å². The van der Waals surface area contributed by atoms with Gasteiger partial charge in [0.25, 0.3) is 0 Å². The molecule has 1 heterocycles. The number of aromatic nitrogens is 2. The maximum absolute atomic E-state index is 11.7. The van der Waals surface area contributed by atoms with E-state index in [0.717, 1.165) is 5.69 Å². The highest BCUT2D eigenvalue weighted by Crippen LogP contribution is 2.30. The predicted molar refractivity (Wildman–Crippen MR) is 80.4 cm³/mol. The summed E-state index contributed by atoms with van der Waals surface area (Å²) in [4.78, 5) is 11.7. The number of hydrogen-bond donors (Lipinski definition) is 3. The molecule has 0 aliphatic carbocycles. The third kappa shape index (κ3) is 3.80. The Morgan fingerprint density at radius 2 is 1.84 bits per heavy atom. The molecule has 0 spiro atoms. The molecule has 6 heteroatoms. The van der Waals surface area contributed by atoms with Crippen LogP contribution in [0.15, 0.2) is 36.7 Å². The first-order valence-electron chi connectivity index (χ1n) is 5.91. The monoisotopic (exact) mass is 276 g/mol. The van der Waals surface area contributed by atoms with Gasteiger partial charge in [0, 0.05) is 17.0 Å². The summed E-state index contributed by atoms with van der Waals surface area (Å²) in [5, 5.41) is 11.8. The van der Waals surface area contributed by atoms with Crippen LogP contribution in [0.25, 0.3) is 0 Å². The molecule has 19 heavy (non-hydrogen) atoms. The van der Waals surface area contributed by atoms with Crippen LogP contribution < -0.4 is 10.6 Å². The van der Waals surface area contributed by atoms with Gasteiger partial charge in [-0.25, -0.2) is 4.79 Å². The molecule has 2 amide bonds. The van der Waals surface area contributed by atoms with Crippen molar-refractivity contribution in [1.29, 1.82) is 0 Å². The number of carbonyl (C=O) groups is 1. The van der Waals surface area contributed by atoms with Crippen LogP contribution in [0.4, 0.5) is 16.2 Å². The van der Waals surface area contributed by atoms with Gasteiger partial charge in [-0.05, 0) is 17.7 Å². The van der Waals surface area contributed by atoms with Crippen molar-refractivity contribution in [3.05, 3.63) is 42.2 Å². The van der Waals surface area contributed by atoms with Crippen molar-refractivity contribution in [2.75, 3.05) is 10.6 Å². The summed E-state index contributed by atoms with van der Waals surface area (Å²) >= 11 is 0. The van der Waals surface area contributed by atoms with Gasteiger partial charge in [0.2, 0.25) is 0 Å². The first-order chi connectivity index (χ1) is 8.95. The Morgan fingerprint density at radius 1 is 1.21 bits per heavy atom. The minimum Gasteiger partial charge on any atom is -0.308 e. The molecular formula is C13H17N4OP. The zero-order chi connectivity index (χ0) is 13.9. The van der Waals surface area contributed by atoms with Crippen molar-refractivity contribution in [3.8, 4) is 0 Å². The van der Waals surface area contributed by atoms with Gasteiger partial charge in [-0.2, -0.15) is 5.10 Å². The minimum atomic E-state index is -0.292. The van der Waals surface area contributed by atoms with E-state index in [0.29, 0.717) is 5.69 Å². The largest absolute Gasteiger partial charge is 0.323 e. The fraction of sp³-hybridized carbons (Fsp3) is 0.231. The Balaban J connectivity index is 1.98. The van der Waals surface area contributed by atoms with E-state index in [1.54, 1.807) is 12.4 Å². The molecule has 1 atom stereocenters. The van der Waals surface area contributed by atoms with E-state index in [4.69, 9.17) is 0 Å². The van der Waals surface area contributed by atoms with Crippen LogP contribution in [-0.2, 0) is 5.16 Å². The van der Waals surface area contributed by atoms with E-state index < -0.39 is 0 Å². The second-order valence-electron chi connectivity index (χ2n) is 4.87. The van der Waals surface area contributed by atoms with Crippen LogP contribution in [0.1, 0.15) is 19.4 Å². The van der Waals surface area contributed by atoms with Crippen LogP contribution in [0, 0.1) is 0 Å². The molecule has 2 rings (SSSR count). The molecule has 1 aromatic carbocycles. The number of nitrogens with zero attached hydrogens (tertiary/aromatic N) is 1. The summed E-state index contributed by atoms with van der Waals surface area (Å²) in [6, 6.07) is 7.48. The number of urea groups is 1.